The van der Waals surface area contributed by atoms with Crippen LogP contribution in [-0.2, 0) is 4.79 Å². The Labute approximate surface area is 53.2 Å². The summed E-state index contributed by atoms with van der Waals surface area (Å²) in [5.41, 5.74) is 0. The van der Waals surface area contributed by atoms with Crippen LogP contribution in [0.25, 0.3) is 0 Å². The van der Waals surface area contributed by atoms with E-state index in [1.807, 2.05) is 16.7 Å². The normalized spacial score (nSPS) is 19.4. The van der Waals surface area contributed by atoms with Crippen LogP contribution in [0.5, 0.6) is 0 Å². The molecule has 1 fully saturated rings. The lowest BCUT2D eigenvalue weighted by molar-refractivity contribution is -0.127. The second-order valence-corrected chi connectivity index (χ2v) is 2.89. The molecule has 0 aromatic heterocycles. The molecule has 46 valence electrons. The van der Waals surface area contributed by atoms with Gasteiger partial charge in [0.1, 0.15) is 0 Å². The number of carbonyl (C=O) groups is 1. The molecule has 1 rings (SSSR count). The molecule has 1 amide bonds. The molecule has 0 bridgehead atoms. The Bertz CT molecular complexity index is 98.6. The van der Waals surface area contributed by atoms with E-state index in [4.69, 9.17) is 0 Å². The van der Waals surface area contributed by atoms with Crippen molar-refractivity contribution in [3.05, 3.63) is 0 Å². The van der Waals surface area contributed by atoms with Crippen LogP contribution in [0, 0.1) is 0 Å². The summed E-state index contributed by atoms with van der Waals surface area (Å²) >= 11 is 1.82. The Morgan fingerprint density at radius 2 is 2.50 bits per heavy atom. The van der Waals surface area contributed by atoms with Crippen molar-refractivity contribution < 1.29 is 4.79 Å². The van der Waals surface area contributed by atoms with Crippen molar-refractivity contribution in [2.45, 2.75) is 6.92 Å². The number of carbonyl (C=O) groups excluding carboxylic acids is 1. The molecule has 0 aromatic carbocycles. The van der Waals surface area contributed by atoms with Crippen molar-refractivity contribution in [3.63, 3.8) is 0 Å². The van der Waals surface area contributed by atoms with Gasteiger partial charge in [-0.25, -0.2) is 0 Å². The number of amides is 1. The molecular formula is C5H9NOS. The van der Waals surface area contributed by atoms with Gasteiger partial charge < -0.3 is 4.90 Å². The second-order valence-electron chi connectivity index (χ2n) is 1.82. The molecule has 0 atom stereocenters. The van der Waals surface area contributed by atoms with Crippen LogP contribution in [0.3, 0.4) is 0 Å². The number of thioether (sulfide) groups is 1. The lowest BCUT2D eigenvalue weighted by Crippen LogP contribution is -2.24. The van der Waals surface area contributed by atoms with Crippen molar-refractivity contribution in [3.8, 4) is 0 Å². The van der Waals surface area contributed by atoms with E-state index in [-0.39, 0.29) is 5.91 Å². The van der Waals surface area contributed by atoms with Crippen molar-refractivity contribution in [1.29, 1.82) is 0 Å². The summed E-state index contributed by atoms with van der Waals surface area (Å²) in [5, 5.41) is 0. The molecular weight excluding hydrogens is 122 g/mol. The maximum Gasteiger partial charge on any atom is 0.220 e. The van der Waals surface area contributed by atoms with Gasteiger partial charge in [-0.3, -0.25) is 4.79 Å². The maximum atomic E-state index is 10.6. The van der Waals surface area contributed by atoms with Gasteiger partial charge in [0, 0.05) is 19.2 Å². The number of rotatable bonds is 0. The van der Waals surface area contributed by atoms with E-state index in [1.54, 1.807) is 6.92 Å². The third kappa shape index (κ3) is 1.15. The fraction of sp³-hybridized carbons (Fsp3) is 0.800. The summed E-state index contributed by atoms with van der Waals surface area (Å²) in [6, 6.07) is 0. The van der Waals surface area contributed by atoms with Crippen molar-refractivity contribution in [1.82, 2.24) is 4.90 Å². The molecule has 0 N–H and O–H groups in total. The van der Waals surface area contributed by atoms with Gasteiger partial charge in [-0.2, -0.15) is 0 Å². The van der Waals surface area contributed by atoms with Crippen molar-refractivity contribution in [2.24, 2.45) is 0 Å². The monoisotopic (exact) mass is 131 g/mol. The predicted octanol–water partition coefficient (Wildman–Crippen LogP) is 0.539. The quantitative estimate of drug-likeness (QED) is 0.478. The van der Waals surface area contributed by atoms with Crippen LogP contribution in [0.4, 0.5) is 0 Å². The number of hydrogen-bond donors (Lipinski definition) is 0. The fourth-order valence-electron chi connectivity index (χ4n) is 0.662. The zero-order valence-corrected chi connectivity index (χ0v) is 5.70. The first-order chi connectivity index (χ1) is 3.80. The highest BCUT2D eigenvalue weighted by atomic mass is 32.2. The molecule has 3 heteroatoms. The lowest BCUT2D eigenvalue weighted by Gasteiger charge is -2.08. The average Bonchev–Trinajstić information content (AvgIpc) is 2.12. The third-order valence-corrected chi connectivity index (χ3v) is 2.16. The van der Waals surface area contributed by atoms with E-state index in [9.17, 15) is 4.79 Å². The minimum atomic E-state index is 0.204. The van der Waals surface area contributed by atoms with Gasteiger partial charge in [-0.15, -0.1) is 11.8 Å². The van der Waals surface area contributed by atoms with Gasteiger partial charge in [-0.05, 0) is 0 Å². The summed E-state index contributed by atoms with van der Waals surface area (Å²) < 4.78 is 0. The Hall–Kier alpha value is -0.180. The lowest BCUT2D eigenvalue weighted by atomic mass is 10.6. The summed E-state index contributed by atoms with van der Waals surface area (Å²) in [6.45, 7) is 2.56. The summed E-state index contributed by atoms with van der Waals surface area (Å²) in [5.74, 6) is 2.21. The van der Waals surface area contributed by atoms with E-state index in [1.165, 1.54) is 0 Å². The maximum absolute atomic E-state index is 10.6. The minimum absolute atomic E-state index is 0.204. The first-order valence-corrected chi connectivity index (χ1v) is 3.79. The zero-order chi connectivity index (χ0) is 5.98. The van der Waals surface area contributed by atoms with Crippen LogP contribution >= 0.6 is 11.8 Å². The third-order valence-electron chi connectivity index (χ3n) is 1.20. The fourth-order valence-corrected chi connectivity index (χ4v) is 1.67. The van der Waals surface area contributed by atoms with Crippen LogP contribution < -0.4 is 0 Å². The molecule has 0 spiro atoms. The topological polar surface area (TPSA) is 20.3 Å². The van der Waals surface area contributed by atoms with E-state index < -0.39 is 0 Å². The van der Waals surface area contributed by atoms with Crippen molar-refractivity contribution in [2.75, 3.05) is 18.2 Å². The molecule has 0 radical (unpaired) electrons. The van der Waals surface area contributed by atoms with Gasteiger partial charge >= 0.3 is 0 Å². The van der Waals surface area contributed by atoms with Crippen LogP contribution in [0.2, 0.25) is 0 Å². The predicted molar refractivity (Wildman–Crippen MR) is 34.7 cm³/mol. The Morgan fingerprint density at radius 1 is 1.75 bits per heavy atom. The summed E-state index contributed by atoms with van der Waals surface area (Å²) in [4.78, 5) is 12.4. The minimum Gasteiger partial charge on any atom is -0.333 e. The molecule has 1 aliphatic rings. The molecule has 0 aliphatic carbocycles. The van der Waals surface area contributed by atoms with Crippen LogP contribution in [0.1, 0.15) is 6.92 Å². The van der Waals surface area contributed by atoms with Crippen molar-refractivity contribution >= 4 is 17.7 Å². The van der Waals surface area contributed by atoms with Gasteiger partial charge in [-0.1, -0.05) is 0 Å². The Morgan fingerprint density at radius 3 is 2.75 bits per heavy atom. The van der Waals surface area contributed by atoms with Crippen LogP contribution in [0.15, 0.2) is 0 Å². The van der Waals surface area contributed by atoms with E-state index >= 15 is 0 Å². The largest absolute Gasteiger partial charge is 0.333 e. The molecule has 1 aliphatic heterocycles. The van der Waals surface area contributed by atoms with Gasteiger partial charge in [0.2, 0.25) is 5.91 Å². The van der Waals surface area contributed by atoms with E-state index in [0.717, 1.165) is 18.2 Å². The van der Waals surface area contributed by atoms with Gasteiger partial charge in [0.15, 0.2) is 0 Å². The smallest absolute Gasteiger partial charge is 0.220 e. The van der Waals surface area contributed by atoms with Gasteiger partial charge in [0.05, 0.1) is 5.88 Å². The summed E-state index contributed by atoms with van der Waals surface area (Å²) in [7, 11) is 0. The highest BCUT2D eigenvalue weighted by Crippen LogP contribution is 2.12. The average molecular weight is 131 g/mol. The standard InChI is InChI=1S/C5H9NOS/c1-5(7)6-2-3-8-4-6/h2-4H2,1H3. The van der Waals surface area contributed by atoms with E-state index in [2.05, 4.69) is 0 Å². The number of hydrogen-bond acceptors (Lipinski definition) is 2. The highest BCUT2D eigenvalue weighted by Gasteiger charge is 2.12. The Kier molecular flexibility index (Phi) is 1.78. The van der Waals surface area contributed by atoms with Crippen LogP contribution in [-0.4, -0.2) is 29.0 Å². The molecule has 0 aromatic rings. The molecule has 2 nitrogen and oxygen atoms in total. The Balaban J connectivity index is 2.35. The molecule has 8 heavy (non-hydrogen) atoms. The van der Waals surface area contributed by atoms with Gasteiger partial charge in [0.25, 0.3) is 0 Å². The first kappa shape index (κ1) is 5.95. The first-order valence-electron chi connectivity index (χ1n) is 2.64. The molecule has 0 saturated carbocycles. The molecule has 0 unspecified atom stereocenters. The SMILES string of the molecule is CC(=O)N1CCSC1. The molecule has 1 heterocycles. The summed E-state index contributed by atoms with van der Waals surface area (Å²) in [6.07, 6.45) is 0. The zero-order valence-electron chi connectivity index (χ0n) is 4.89. The molecule has 1 saturated heterocycles. The second kappa shape index (κ2) is 2.40. The van der Waals surface area contributed by atoms with E-state index in [0.29, 0.717) is 0 Å². The highest BCUT2D eigenvalue weighted by molar-refractivity contribution is 7.99. The number of nitrogens with zero attached hydrogens (tertiary/aromatic N) is 1.